The molecule has 0 amide bonds. The van der Waals surface area contributed by atoms with Gasteiger partial charge in [-0.2, -0.15) is 18.3 Å². The monoisotopic (exact) mass is 484 g/mol. The Bertz CT molecular complexity index is 1540. The Labute approximate surface area is 197 Å². The van der Waals surface area contributed by atoms with E-state index in [9.17, 15) is 22.7 Å². The van der Waals surface area contributed by atoms with Crippen LogP contribution in [-0.2, 0) is 12.1 Å². The molecular formula is C25H20F4N4O2. The summed E-state index contributed by atoms with van der Waals surface area (Å²) >= 11 is 0. The highest BCUT2D eigenvalue weighted by molar-refractivity contribution is 5.89. The van der Waals surface area contributed by atoms with Gasteiger partial charge in [0.1, 0.15) is 11.3 Å². The van der Waals surface area contributed by atoms with Gasteiger partial charge in [-0.25, -0.2) is 14.1 Å². The van der Waals surface area contributed by atoms with E-state index in [0.717, 1.165) is 0 Å². The van der Waals surface area contributed by atoms with Gasteiger partial charge < -0.3 is 14.4 Å². The number of halogens is 4. The van der Waals surface area contributed by atoms with Crippen molar-refractivity contribution in [2.45, 2.75) is 25.2 Å². The predicted molar refractivity (Wildman–Crippen MR) is 122 cm³/mol. The number of aromatic nitrogens is 4. The Morgan fingerprint density at radius 2 is 1.80 bits per heavy atom. The van der Waals surface area contributed by atoms with E-state index in [4.69, 9.17) is 4.74 Å². The minimum atomic E-state index is -5.04. The average Bonchev–Trinajstić information content (AvgIpc) is 3.44. The van der Waals surface area contributed by atoms with Crippen molar-refractivity contribution in [2.75, 3.05) is 7.11 Å². The van der Waals surface area contributed by atoms with Crippen molar-refractivity contribution in [1.29, 1.82) is 0 Å². The smallest absolute Gasteiger partial charge is 0.425 e. The van der Waals surface area contributed by atoms with Gasteiger partial charge in [0.25, 0.3) is 0 Å². The molecule has 1 atom stereocenters. The Balaban J connectivity index is 1.73. The normalized spacial score (nSPS) is 13.9. The summed E-state index contributed by atoms with van der Waals surface area (Å²) < 4.78 is 65.6. The highest BCUT2D eigenvalue weighted by Gasteiger charge is 2.57. The number of hydrogen-bond acceptors (Lipinski definition) is 4. The Hall–Kier alpha value is -3.92. The van der Waals surface area contributed by atoms with E-state index in [1.807, 2.05) is 0 Å². The van der Waals surface area contributed by atoms with Crippen molar-refractivity contribution in [1.82, 2.24) is 19.3 Å². The molecule has 1 unspecified atom stereocenters. The molecule has 10 heteroatoms. The van der Waals surface area contributed by atoms with Crippen molar-refractivity contribution in [2.24, 2.45) is 0 Å². The number of benzene rings is 2. The van der Waals surface area contributed by atoms with Crippen LogP contribution in [0.2, 0.25) is 0 Å². The summed E-state index contributed by atoms with van der Waals surface area (Å²) in [6.07, 6.45) is -1.01. The maximum absolute atomic E-state index is 14.6. The van der Waals surface area contributed by atoms with Crippen LogP contribution < -0.4 is 4.74 Å². The molecule has 0 saturated carbocycles. The molecule has 0 aliphatic rings. The van der Waals surface area contributed by atoms with E-state index < -0.39 is 17.6 Å². The minimum absolute atomic E-state index is 0.163. The van der Waals surface area contributed by atoms with Gasteiger partial charge in [0.2, 0.25) is 11.5 Å². The molecule has 0 aliphatic heterocycles. The summed E-state index contributed by atoms with van der Waals surface area (Å²) in [6.45, 7) is 2.12. The molecule has 0 spiro atoms. The largest absolute Gasteiger partial charge is 0.479 e. The molecule has 0 aliphatic carbocycles. The fourth-order valence-corrected chi connectivity index (χ4v) is 4.42. The molecular weight excluding hydrogens is 464 g/mol. The third kappa shape index (κ3) is 3.44. The van der Waals surface area contributed by atoms with Gasteiger partial charge in [0, 0.05) is 35.3 Å². The molecule has 0 saturated heterocycles. The molecule has 1 N–H and O–H groups in total. The number of aryl methyl sites for hydroxylation is 1. The summed E-state index contributed by atoms with van der Waals surface area (Å²) in [5, 5.41) is 16.2. The van der Waals surface area contributed by atoms with Crippen LogP contribution in [0.25, 0.3) is 27.5 Å². The molecule has 6 nitrogen and oxygen atoms in total. The molecule has 0 radical (unpaired) electrons. The van der Waals surface area contributed by atoms with Crippen molar-refractivity contribution in [3.05, 3.63) is 84.1 Å². The number of pyridine rings is 1. The van der Waals surface area contributed by atoms with Gasteiger partial charge in [-0.15, -0.1) is 0 Å². The molecule has 0 fully saturated rings. The van der Waals surface area contributed by atoms with Gasteiger partial charge in [-0.05, 0) is 55.0 Å². The number of methoxy groups -OCH3 is 1. The SMILES string of the molecule is CCn1cc(C(O)(c2ccc3c(cnn3-c3ccc(F)cc3)c2)C(F)(F)F)c2ccnc(OC)c21. The van der Waals surface area contributed by atoms with Gasteiger partial charge in [-0.3, -0.25) is 0 Å². The topological polar surface area (TPSA) is 65.1 Å². The lowest BCUT2D eigenvalue weighted by Gasteiger charge is -2.31. The molecule has 180 valence electrons. The first-order chi connectivity index (χ1) is 16.7. The highest BCUT2D eigenvalue weighted by Crippen LogP contribution is 2.48. The number of hydrogen-bond donors (Lipinski definition) is 1. The van der Waals surface area contributed by atoms with Gasteiger partial charge in [0.15, 0.2) is 0 Å². The van der Waals surface area contributed by atoms with Crippen LogP contribution in [0.1, 0.15) is 18.1 Å². The number of aliphatic hydroxyl groups is 1. The standard InChI is InChI=1S/C25H20F4N4O2/c1-3-32-14-20(19-10-11-30-23(35-2)22(19)32)24(34,25(27,28)29)16-4-9-21-15(12-16)13-31-33(21)18-7-5-17(26)6-8-18/h4-14,34H,3H2,1-2H3. The van der Waals surface area contributed by atoms with E-state index in [1.165, 1.54) is 78.9 Å². The summed E-state index contributed by atoms with van der Waals surface area (Å²) in [4.78, 5) is 4.10. The van der Waals surface area contributed by atoms with E-state index >= 15 is 0 Å². The van der Waals surface area contributed by atoms with Crippen molar-refractivity contribution >= 4 is 21.8 Å². The van der Waals surface area contributed by atoms with Gasteiger partial charge >= 0.3 is 6.18 Å². The maximum Gasteiger partial charge on any atom is 0.425 e. The zero-order valence-electron chi connectivity index (χ0n) is 18.7. The zero-order chi connectivity index (χ0) is 25.0. The van der Waals surface area contributed by atoms with Gasteiger partial charge in [0.05, 0.1) is 24.5 Å². The first kappa shape index (κ1) is 22.9. The fourth-order valence-electron chi connectivity index (χ4n) is 4.42. The lowest BCUT2D eigenvalue weighted by Crippen LogP contribution is -2.43. The Morgan fingerprint density at radius 1 is 1.06 bits per heavy atom. The Kier molecular flexibility index (Phi) is 5.28. The van der Waals surface area contributed by atoms with Crippen LogP contribution in [-0.4, -0.2) is 37.7 Å². The maximum atomic E-state index is 14.6. The van der Waals surface area contributed by atoms with Crippen molar-refractivity contribution in [3.8, 4) is 11.6 Å². The second-order valence-electron chi connectivity index (χ2n) is 8.06. The minimum Gasteiger partial charge on any atom is -0.479 e. The first-order valence-corrected chi connectivity index (χ1v) is 10.7. The van der Waals surface area contributed by atoms with Crippen LogP contribution in [0, 0.1) is 5.82 Å². The number of fused-ring (bicyclic) bond motifs is 2. The third-order valence-electron chi connectivity index (χ3n) is 6.14. The van der Waals surface area contributed by atoms with Crippen molar-refractivity contribution < 1.29 is 27.4 Å². The second kappa shape index (κ2) is 8.09. The molecule has 2 aromatic carbocycles. The Morgan fingerprint density at radius 3 is 2.46 bits per heavy atom. The molecule has 0 bridgehead atoms. The average molecular weight is 484 g/mol. The number of alkyl halides is 3. The quantitative estimate of drug-likeness (QED) is 0.342. The lowest BCUT2D eigenvalue weighted by atomic mass is 9.85. The summed E-state index contributed by atoms with van der Waals surface area (Å²) in [6, 6.07) is 11.0. The van der Waals surface area contributed by atoms with Crippen LogP contribution in [0.5, 0.6) is 5.88 Å². The molecule has 3 aromatic heterocycles. The van der Waals surface area contributed by atoms with Crippen LogP contribution >= 0.6 is 0 Å². The lowest BCUT2D eigenvalue weighted by molar-refractivity contribution is -0.247. The van der Waals surface area contributed by atoms with E-state index in [2.05, 4.69) is 10.1 Å². The molecule has 3 heterocycles. The van der Waals surface area contributed by atoms with E-state index in [0.29, 0.717) is 28.7 Å². The van der Waals surface area contributed by atoms with Crippen LogP contribution in [0.4, 0.5) is 17.6 Å². The first-order valence-electron chi connectivity index (χ1n) is 10.7. The van der Waals surface area contributed by atoms with Crippen LogP contribution in [0.15, 0.2) is 67.1 Å². The van der Waals surface area contributed by atoms with E-state index in [-0.39, 0.29) is 22.4 Å². The highest BCUT2D eigenvalue weighted by atomic mass is 19.4. The molecule has 35 heavy (non-hydrogen) atoms. The van der Waals surface area contributed by atoms with Crippen molar-refractivity contribution in [3.63, 3.8) is 0 Å². The number of nitrogens with zero attached hydrogens (tertiary/aromatic N) is 4. The van der Waals surface area contributed by atoms with Crippen LogP contribution in [0.3, 0.4) is 0 Å². The fraction of sp³-hybridized carbons (Fsp3) is 0.200. The van der Waals surface area contributed by atoms with E-state index in [1.54, 1.807) is 11.5 Å². The predicted octanol–water partition coefficient (Wildman–Crippen LogP) is 5.34. The second-order valence-corrected chi connectivity index (χ2v) is 8.06. The number of ether oxygens (including phenoxy) is 1. The summed E-state index contributed by atoms with van der Waals surface area (Å²) in [5.74, 6) is -0.253. The number of rotatable bonds is 5. The van der Waals surface area contributed by atoms with Gasteiger partial charge in [-0.1, -0.05) is 6.07 Å². The molecule has 5 rings (SSSR count). The zero-order valence-corrected chi connectivity index (χ0v) is 18.7. The summed E-state index contributed by atoms with van der Waals surface area (Å²) in [5.41, 5.74) is -2.59. The third-order valence-corrected chi connectivity index (χ3v) is 6.14. The summed E-state index contributed by atoms with van der Waals surface area (Å²) in [7, 11) is 1.39. The molecule has 5 aromatic rings.